The molecule has 1 aliphatic heterocycles. The normalized spacial score (nSPS) is 17.9. The van der Waals surface area contributed by atoms with Crippen molar-refractivity contribution in [2.75, 3.05) is 5.32 Å². The molecule has 0 bridgehead atoms. The van der Waals surface area contributed by atoms with Gasteiger partial charge in [0.05, 0.1) is 10.6 Å². The van der Waals surface area contributed by atoms with Crippen LogP contribution in [-0.4, -0.2) is 15.0 Å². The molecule has 17 heavy (non-hydrogen) atoms. The number of amidine groups is 1. The Bertz CT molecular complexity index is 610. The second kappa shape index (κ2) is 4.10. The van der Waals surface area contributed by atoms with E-state index in [4.69, 9.17) is 0 Å². The molecule has 0 aliphatic carbocycles. The van der Waals surface area contributed by atoms with Crippen molar-refractivity contribution in [1.82, 2.24) is 4.98 Å². The maximum atomic E-state index is 11.9. The van der Waals surface area contributed by atoms with Crippen LogP contribution in [0.1, 0.15) is 5.69 Å². The van der Waals surface area contributed by atoms with Crippen molar-refractivity contribution in [3.05, 3.63) is 54.4 Å². The van der Waals surface area contributed by atoms with E-state index in [1.165, 1.54) is 0 Å². The molecule has 2 aromatic rings. The third kappa shape index (κ3) is 1.85. The molecule has 1 aromatic carbocycles. The molecular formula is C12H9N3OS. The quantitative estimate of drug-likeness (QED) is 0.833. The molecule has 1 N–H and O–H groups in total. The molecule has 84 valence electrons. The third-order valence-electron chi connectivity index (χ3n) is 2.41. The lowest BCUT2D eigenvalue weighted by Crippen LogP contribution is -2.20. The van der Waals surface area contributed by atoms with Gasteiger partial charge in [-0.25, -0.2) is 4.21 Å². The summed E-state index contributed by atoms with van der Waals surface area (Å²) in [6, 6.07) is 13.0. The number of anilines is 1. The fourth-order valence-corrected chi connectivity index (χ4v) is 2.52. The summed E-state index contributed by atoms with van der Waals surface area (Å²) >= 11 is 0. The Labute approximate surface area is 101 Å². The lowest BCUT2D eigenvalue weighted by atomic mass is 10.3. The van der Waals surface area contributed by atoms with Gasteiger partial charge in [-0.1, -0.05) is 18.2 Å². The Morgan fingerprint density at radius 2 is 1.88 bits per heavy atom. The molecule has 0 radical (unpaired) electrons. The average molecular weight is 243 g/mol. The van der Waals surface area contributed by atoms with Crippen LogP contribution in [0.4, 0.5) is 5.69 Å². The number of hydrogen-bond acceptors (Lipinski definition) is 3. The Hall–Kier alpha value is -2.01. The first kappa shape index (κ1) is 10.2. The van der Waals surface area contributed by atoms with E-state index in [1.54, 1.807) is 12.3 Å². The number of rotatable bonds is 1. The maximum absolute atomic E-state index is 11.9. The first-order valence-corrected chi connectivity index (χ1v) is 6.23. The van der Waals surface area contributed by atoms with E-state index in [9.17, 15) is 4.21 Å². The Balaban J connectivity index is 2.05. The van der Waals surface area contributed by atoms with Crippen molar-refractivity contribution < 1.29 is 4.21 Å². The molecule has 1 aliphatic rings. The molecule has 0 saturated heterocycles. The number of hydrogen-bond donors (Lipinski definition) is 1. The van der Waals surface area contributed by atoms with Gasteiger partial charge < -0.3 is 5.32 Å². The van der Waals surface area contributed by atoms with Crippen molar-refractivity contribution in [1.29, 1.82) is 0 Å². The van der Waals surface area contributed by atoms with Gasteiger partial charge in [0, 0.05) is 6.20 Å². The van der Waals surface area contributed by atoms with Gasteiger partial charge in [0.15, 0.2) is 16.8 Å². The number of para-hydroxylation sites is 1. The number of pyridine rings is 1. The summed E-state index contributed by atoms with van der Waals surface area (Å²) in [6.45, 7) is 0. The highest BCUT2D eigenvalue weighted by Gasteiger charge is 2.18. The smallest absolute Gasteiger partial charge is 0.176 e. The van der Waals surface area contributed by atoms with Crippen LogP contribution in [0.15, 0.2) is 58.0 Å². The summed E-state index contributed by atoms with van der Waals surface area (Å²) in [5.41, 5.74) is 1.51. The van der Waals surface area contributed by atoms with Crippen LogP contribution >= 0.6 is 0 Å². The van der Waals surface area contributed by atoms with Crippen LogP contribution in [0, 0.1) is 0 Å². The van der Waals surface area contributed by atoms with Gasteiger partial charge in [-0.15, -0.1) is 0 Å². The molecule has 1 unspecified atom stereocenters. The van der Waals surface area contributed by atoms with Crippen molar-refractivity contribution in [2.45, 2.75) is 4.90 Å². The molecule has 0 amide bonds. The lowest BCUT2D eigenvalue weighted by Gasteiger charge is -2.16. The Kier molecular flexibility index (Phi) is 2.45. The molecule has 3 rings (SSSR count). The Morgan fingerprint density at radius 1 is 1.06 bits per heavy atom. The summed E-state index contributed by atoms with van der Waals surface area (Å²) < 4.78 is 16.0. The summed E-state index contributed by atoms with van der Waals surface area (Å²) in [7, 11) is -1.36. The molecule has 1 aromatic heterocycles. The minimum Gasteiger partial charge on any atom is -0.337 e. The molecule has 4 nitrogen and oxygen atoms in total. The van der Waals surface area contributed by atoms with Gasteiger partial charge in [-0.2, -0.15) is 4.40 Å². The number of aromatic nitrogens is 1. The lowest BCUT2D eigenvalue weighted by molar-refractivity contribution is 0.684. The van der Waals surface area contributed by atoms with Crippen molar-refractivity contribution in [3.8, 4) is 0 Å². The molecule has 0 spiro atoms. The molecule has 0 saturated carbocycles. The maximum Gasteiger partial charge on any atom is 0.176 e. The zero-order valence-corrected chi connectivity index (χ0v) is 9.65. The highest BCUT2D eigenvalue weighted by molar-refractivity contribution is 7.84. The van der Waals surface area contributed by atoms with Crippen molar-refractivity contribution >= 4 is 22.5 Å². The third-order valence-corrected chi connectivity index (χ3v) is 3.49. The first-order valence-electron chi connectivity index (χ1n) is 5.12. The predicted octanol–water partition coefficient (Wildman–Crippen LogP) is 1.98. The standard InChI is InChI=1S/C12H9N3OS/c16-17-11-7-2-1-5-9(11)14-12(15-17)10-6-3-4-8-13-10/h1-8H,(H,14,15). The van der Waals surface area contributed by atoms with Gasteiger partial charge in [-0.3, -0.25) is 4.98 Å². The zero-order valence-electron chi connectivity index (χ0n) is 8.83. The van der Waals surface area contributed by atoms with Gasteiger partial charge >= 0.3 is 0 Å². The SMILES string of the molecule is O=S1N=C(c2ccccn2)Nc2ccccc21. The highest BCUT2D eigenvalue weighted by atomic mass is 32.2. The van der Waals surface area contributed by atoms with E-state index in [-0.39, 0.29) is 0 Å². The van der Waals surface area contributed by atoms with Gasteiger partial charge in [-0.05, 0) is 24.3 Å². The number of nitrogens with zero attached hydrogens (tertiary/aromatic N) is 2. The predicted molar refractivity (Wildman–Crippen MR) is 67.2 cm³/mol. The molecule has 1 atom stereocenters. The van der Waals surface area contributed by atoms with E-state index in [2.05, 4.69) is 14.7 Å². The molecule has 0 fully saturated rings. The summed E-state index contributed by atoms with van der Waals surface area (Å²) in [5.74, 6) is 0.544. The first-order chi connectivity index (χ1) is 8.34. The average Bonchev–Trinajstić information content (AvgIpc) is 2.40. The van der Waals surface area contributed by atoms with E-state index in [0.29, 0.717) is 16.4 Å². The van der Waals surface area contributed by atoms with E-state index < -0.39 is 11.0 Å². The summed E-state index contributed by atoms with van der Waals surface area (Å²) in [6.07, 6.45) is 1.68. The van der Waals surface area contributed by atoms with E-state index in [0.717, 1.165) is 5.69 Å². The minimum absolute atomic E-state index is 0.544. The van der Waals surface area contributed by atoms with Crippen LogP contribution in [0.25, 0.3) is 0 Å². The number of fused-ring (bicyclic) bond motifs is 1. The topological polar surface area (TPSA) is 54.4 Å². The minimum atomic E-state index is -1.36. The van der Waals surface area contributed by atoms with Crippen LogP contribution in [0.2, 0.25) is 0 Å². The molecule has 2 heterocycles. The fraction of sp³-hybridized carbons (Fsp3) is 0. The summed E-state index contributed by atoms with van der Waals surface area (Å²) in [4.78, 5) is 4.88. The summed E-state index contributed by atoms with van der Waals surface area (Å²) in [5, 5.41) is 3.14. The van der Waals surface area contributed by atoms with Gasteiger partial charge in [0.1, 0.15) is 5.69 Å². The number of benzene rings is 1. The van der Waals surface area contributed by atoms with Crippen LogP contribution in [0.3, 0.4) is 0 Å². The highest BCUT2D eigenvalue weighted by Crippen LogP contribution is 2.24. The van der Waals surface area contributed by atoms with Crippen LogP contribution < -0.4 is 5.32 Å². The van der Waals surface area contributed by atoms with Crippen molar-refractivity contribution in [2.24, 2.45) is 4.40 Å². The second-order valence-electron chi connectivity index (χ2n) is 3.53. The van der Waals surface area contributed by atoms with E-state index in [1.807, 2.05) is 36.4 Å². The number of nitrogens with one attached hydrogen (secondary N) is 1. The van der Waals surface area contributed by atoms with Crippen LogP contribution in [0.5, 0.6) is 0 Å². The Morgan fingerprint density at radius 3 is 2.71 bits per heavy atom. The fourth-order valence-electron chi connectivity index (χ4n) is 1.62. The monoisotopic (exact) mass is 243 g/mol. The van der Waals surface area contributed by atoms with Gasteiger partial charge in [0.25, 0.3) is 0 Å². The molecule has 5 heteroatoms. The van der Waals surface area contributed by atoms with E-state index >= 15 is 0 Å². The molecular weight excluding hydrogens is 234 g/mol. The van der Waals surface area contributed by atoms with Crippen LogP contribution in [-0.2, 0) is 11.0 Å². The largest absolute Gasteiger partial charge is 0.337 e. The zero-order chi connectivity index (χ0) is 11.7. The van der Waals surface area contributed by atoms with Crippen molar-refractivity contribution in [3.63, 3.8) is 0 Å². The van der Waals surface area contributed by atoms with Gasteiger partial charge in [0.2, 0.25) is 0 Å². The second-order valence-corrected chi connectivity index (χ2v) is 4.65.